The van der Waals surface area contributed by atoms with Gasteiger partial charge in [-0.3, -0.25) is 4.79 Å². The minimum absolute atomic E-state index is 0.0266. The van der Waals surface area contributed by atoms with E-state index in [9.17, 15) is 4.79 Å². The molecule has 2 aromatic rings. The van der Waals surface area contributed by atoms with Crippen LogP contribution >= 0.6 is 11.6 Å². The second kappa shape index (κ2) is 7.60. The summed E-state index contributed by atoms with van der Waals surface area (Å²) in [6.07, 6.45) is 4.01. The van der Waals surface area contributed by atoms with Crippen LogP contribution in [0.3, 0.4) is 0 Å². The van der Waals surface area contributed by atoms with Gasteiger partial charge in [-0.1, -0.05) is 29.8 Å². The number of benzene rings is 1. The Morgan fingerprint density at radius 2 is 2.07 bits per heavy atom. The monoisotopic (exact) mass is 386 g/mol. The van der Waals surface area contributed by atoms with Crippen molar-refractivity contribution in [2.75, 3.05) is 22.5 Å². The molecule has 1 aromatic heterocycles. The van der Waals surface area contributed by atoms with E-state index >= 15 is 0 Å². The van der Waals surface area contributed by atoms with Crippen molar-refractivity contribution in [1.82, 2.24) is 15.3 Å². The fraction of sp³-hybridized carbons (Fsp3) is 0.421. The number of nitrogens with zero attached hydrogens (tertiary/aromatic N) is 3. The summed E-state index contributed by atoms with van der Waals surface area (Å²) in [4.78, 5) is 23.4. The van der Waals surface area contributed by atoms with Gasteiger partial charge in [-0.05, 0) is 37.3 Å². The molecular formula is C19H23ClN6O. The Kier molecular flexibility index (Phi) is 5.03. The van der Waals surface area contributed by atoms with Crippen molar-refractivity contribution >= 4 is 35.1 Å². The number of amides is 1. The van der Waals surface area contributed by atoms with Gasteiger partial charge in [0.25, 0.3) is 0 Å². The number of carbonyl (C=O) groups is 1. The second-order valence-electron chi connectivity index (χ2n) is 7.05. The van der Waals surface area contributed by atoms with Gasteiger partial charge < -0.3 is 21.3 Å². The highest BCUT2D eigenvalue weighted by atomic mass is 35.5. The molecule has 1 aromatic carbocycles. The Bertz CT molecular complexity index is 841. The fourth-order valence-electron chi connectivity index (χ4n) is 3.37. The van der Waals surface area contributed by atoms with Crippen LogP contribution in [0.15, 0.2) is 30.3 Å². The molecule has 1 unspecified atom stereocenters. The number of hydrogen-bond donors (Lipinski definition) is 3. The lowest BCUT2D eigenvalue weighted by Gasteiger charge is -2.25. The van der Waals surface area contributed by atoms with Crippen LogP contribution in [0.1, 0.15) is 31.2 Å². The minimum Gasteiger partial charge on any atom is -0.368 e. The summed E-state index contributed by atoms with van der Waals surface area (Å²) in [6, 6.07) is 9.61. The third kappa shape index (κ3) is 4.24. The van der Waals surface area contributed by atoms with E-state index in [4.69, 9.17) is 17.3 Å². The quantitative estimate of drug-likeness (QED) is 0.706. The molecule has 2 fully saturated rings. The highest BCUT2D eigenvalue weighted by molar-refractivity contribution is 6.31. The van der Waals surface area contributed by atoms with Crippen LogP contribution in [0.4, 0.5) is 17.6 Å². The number of nitrogen functional groups attached to an aromatic ring is 1. The number of nitrogens with two attached hydrogens (primary N) is 1. The molecule has 142 valence electrons. The van der Waals surface area contributed by atoms with Gasteiger partial charge in [0, 0.05) is 30.2 Å². The largest absolute Gasteiger partial charge is 0.368 e. The van der Waals surface area contributed by atoms with E-state index < -0.39 is 0 Å². The number of hydrogen-bond acceptors (Lipinski definition) is 6. The zero-order chi connectivity index (χ0) is 18.8. The lowest BCUT2D eigenvalue weighted by atomic mass is 10.2. The zero-order valence-electron chi connectivity index (χ0n) is 15.0. The second-order valence-corrected chi connectivity index (χ2v) is 7.46. The molecule has 1 atom stereocenters. The van der Waals surface area contributed by atoms with Crippen molar-refractivity contribution in [3.63, 3.8) is 0 Å². The zero-order valence-corrected chi connectivity index (χ0v) is 15.7. The molecule has 27 heavy (non-hydrogen) atoms. The lowest BCUT2D eigenvalue weighted by Crippen LogP contribution is -2.43. The van der Waals surface area contributed by atoms with Crippen LogP contribution < -0.4 is 21.3 Å². The van der Waals surface area contributed by atoms with Crippen molar-refractivity contribution in [3.05, 3.63) is 40.9 Å². The Hall–Kier alpha value is -2.54. The van der Waals surface area contributed by atoms with Gasteiger partial charge in [0.15, 0.2) is 0 Å². The van der Waals surface area contributed by atoms with E-state index in [-0.39, 0.29) is 17.9 Å². The van der Waals surface area contributed by atoms with Gasteiger partial charge in [-0.15, -0.1) is 0 Å². The molecule has 1 amide bonds. The van der Waals surface area contributed by atoms with Gasteiger partial charge in [0.2, 0.25) is 11.9 Å². The first-order chi connectivity index (χ1) is 13.1. The summed E-state index contributed by atoms with van der Waals surface area (Å²) in [6.45, 7) is 1.17. The maximum Gasteiger partial charge on any atom is 0.243 e. The van der Waals surface area contributed by atoms with Crippen molar-refractivity contribution < 1.29 is 4.79 Å². The third-order valence-corrected chi connectivity index (χ3v) is 5.29. The molecule has 1 aliphatic carbocycles. The number of carbonyl (C=O) groups excluding carboxylic acids is 1. The molecule has 7 nitrogen and oxygen atoms in total. The summed E-state index contributed by atoms with van der Waals surface area (Å²) in [5.74, 6) is 1.61. The number of aromatic nitrogens is 2. The standard InChI is InChI=1S/C19H23ClN6O/c20-14-5-2-1-4-12(14)11-22-18(27)15-6-3-9-26(15)17-10-16(23-13-7-8-13)24-19(21)25-17/h1-2,4-5,10,13,15H,3,6-9,11H2,(H,22,27)(H3,21,23,24,25). The molecule has 0 bridgehead atoms. The summed E-state index contributed by atoms with van der Waals surface area (Å²) >= 11 is 6.17. The van der Waals surface area contributed by atoms with Crippen LogP contribution in [0.5, 0.6) is 0 Å². The minimum atomic E-state index is -0.268. The van der Waals surface area contributed by atoms with E-state index in [1.807, 2.05) is 35.2 Å². The van der Waals surface area contributed by atoms with Gasteiger partial charge in [-0.2, -0.15) is 9.97 Å². The summed E-state index contributed by atoms with van der Waals surface area (Å²) < 4.78 is 0. The summed E-state index contributed by atoms with van der Waals surface area (Å²) in [7, 11) is 0. The number of nitrogens with one attached hydrogen (secondary N) is 2. The van der Waals surface area contributed by atoms with Gasteiger partial charge >= 0.3 is 0 Å². The molecule has 8 heteroatoms. The Morgan fingerprint density at radius 1 is 1.26 bits per heavy atom. The molecule has 0 spiro atoms. The maximum absolute atomic E-state index is 12.8. The maximum atomic E-state index is 12.8. The molecule has 4 rings (SSSR count). The fourth-order valence-corrected chi connectivity index (χ4v) is 3.57. The number of halogens is 1. The van der Waals surface area contributed by atoms with E-state index in [1.165, 1.54) is 0 Å². The molecule has 2 heterocycles. The Labute approximate surface area is 163 Å². The summed E-state index contributed by atoms with van der Waals surface area (Å²) in [5, 5.41) is 7.00. The molecule has 1 saturated heterocycles. The van der Waals surface area contributed by atoms with Crippen LogP contribution in [-0.4, -0.2) is 34.5 Å². The Morgan fingerprint density at radius 3 is 2.85 bits per heavy atom. The summed E-state index contributed by atoms with van der Waals surface area (Å²) in [5.41, 5.74) is 6.79. The first-order valence-electron chi connectivity index (χ1n) is 9.29. The number of rotatable bonds is 6. The smallest absolute Gasteiger partial charge is 0.243 e. The van der Waals surface area contributed by atoms with Crippen LogP contribution in [0, 0.1) is 0 Å². The van der Waals surface area contributed by atoms with Crippen molar-refractivity contribution in [3.8, 4) is 0 Å². The van der Waals surface area contributed by atoms with Crippen molar-refractivity contribution in [2.45, 2.75) is 44.3 Å². The molecule has 1 aliphatic heterocycles. The molecular weight excluding hydrogens is 364 g/mol. The first-order valence-corrected chi connectivity index (χ1v) is 9.67. The lowest BCUT2D eigenvalue weighted by molar-refractivity contribution is -0.122. The van der Waals surface area contributed by atoms with E-state index in [1.54, 1.807) is 0 Å². The third-order valence-electron chi connectivity index (χ3n) is 4.92. The average Bonchev–Trinajstić information content (AvgIpc) is 3.32. The Balaban J connectivity index is 1.46. The van der Waals surface area contributed by atoms with Gasteiger partial charge in [0.1, 0.15) is 17.7 Å². The van der Waals surface area contributed by atoms with Crippen LogP contribution in [0.25, 0.3) is 0 Å². The first kappa shape index (κ1) is 17.9. The highest BCUT2D eigenvalue weighted by Crippen LogP contribution is 2.29. The van der Waals surface area contributed by atoms with Crippen molar-refractivity contribution in [1.29, 1.82) is 0 Å². The molecule has 2 aliphatic rings. The normalized spacial score (nSPS) is 19.1. The van der Waals surface area contributed by atoms with Crippen molar-refractivity contribution in [2.24, 2.45) is 0 Å². The number of anilines is 3. The molecule has 4 N–H and O–H groups in total. The average molecular weight is 387 g/mol. The van der Waals surface area contributed by atoms with E-state index in [0.29, 0.717) is 23.4 Å². The SMILES string of the molecule is Nc1nc(NC2CC2)cc(N2CCCC2C(=O)NCc2ccccc2Cl)n1. The molecule has 1 saturated carbocycles. The van der Waals surface area contributed by atoms with Gasteiger partial charge in [0.05, 0.1) is 0 Å². The topological polar surface area (TPSA) is 96.2 Å². The van der Waals surface area contributed by atoms with Crippen LogP contribution in [0.2, 0.25) is 5.02 Å². The predicted octanol–water partition coefficient (Wildman–Crippen LogP) is 2.57. The predicted molar refractivity (Wildman–Crippen MR) is 107 cm³/mol. The van der Waals surface area contributed by atoms with E-state index in [0.717, 1.165) is 43.6 Å². The van der Waals surface area contributed by atoms with Crippen LogP contribution in [-0.2, 0) is 11.3 Å². The van der Waals surface area contributed by atoms with E-state index in [2.05, 4.69) is 20.6 Å². The highest BCUT2D eigenvalue weighted by Gasteiger charge is 2.32. The molecule has 0 radical (unpaired) electrons. The van der Waals surface area contributed by atoms with Gasteiger partial charge in [-0.25, -0.2) is 0 Å².